The molecule has 1 saturated heterocycles. The van der Waals surface area contributed by atoms with Crippen molar-refractivity contribution in [1.82, 2.24) is 10.2 Å². The number of rotatable bonds is 7. The van der Waals surface area contributed by atoms with Gasteiger partial charge in [0.25, 0.3) is 0 Å². The Bertz CT molecular complexity index is 931. The van der Waals surface area contributed by atoms with Gasteiger partial charge in [-0.05, 0) is 49.8 Å². The van der Waals surface area contributed by atoms with E-state index in [4.69, 9.17) is 11.1 Å². The number of urea groups is 1. The van der Waals surface area contributed by atoms with Crippen LogP contribution in [0.5, 0.6) is 0 Å². The van der Waals surface area contributed by atoms with Crippen molar-refractivity contribution < 1.29 is 4.79 Å². The number of anilines is 1. The molecule has 0 aromatic heterocycles. The average Bonchev–Trinajstić information content (AvgIpc) is 3.14. The SMILES string of the molecule is N=C(N)c1cccc(N(C(=O)NC2CCN(CCc3ccccc3)CC2)C2CCCCCC2)c1. The lowest BCUT2D eigenvalue weighted by Gasteiger charge is -2.36. The zero-order valence-corrected chi connectivity index (χ0v) is 20.2. The molecule has 1 aliphatic heterocycles. The molecular formula is C28H39N5O. The van der Waals surface area contributed by atoms with Gasteiger partial charge < -0.3 is 16.0 Å². The fourth-order valence-electron chi connectivity index (χ4n) is 5.31. The van der Waals surface area contributed by atoms with Crippen molar-refractivity contribution in [2.45, 2.75) is 69.9 Å². The summed E-state index contributed by atoms with van der Waals surface area (Å²) in [6, 6.07) is 18.6. The van der Waals surface area contributed by atoms with E-state index in [1.165, 1.54) is 18.4 Å². The van der Waals surface area contributed by atoms with Crippen LogP contribution in [0.4, 0.5) is 10.5 Å². The first-order valence-electron chi connectivity index (χ1n) is 12.9. The maximum Gasteiger partial charge on any atom is 0.322 e. The lowest BCUT2D eigenvalue weighted by atomic mass is 10.0. The van der Waals surface area contributed by atoms with Crippen molar-refractivity contribution in [1.29, 1.82) is 5.41 Å². The molecule has 0 atom stereocenters. The molecular weight excluding hydrogens is 422 g/mol. The maximum absolute atomic E-state index is 13.6. The molecule has 0 spiro atoms. The number of carbonyl (C=O) groups excluding carboxylic acids is 1. The molecule has 0 radical (unpaired) electrons. The number of carbonyl (C=O) groups is 1. The second kappa shape index (κ2) is 12.0. The summed E-state index contributed by atoms with van der Waals surface area (Å²) in [5, 5.41) is 11.2. The van der Waals surface area contributed by atoms with Crippen LogP contribution in [-0.2, 0) is 6.42 Å². The molecule has 34 heavy (non-hydrogen) atoms. The van der Waals surface area contributed by atoms with E-state index < -0.39 is 0 Å². The average molecular weight is 462 g/mol. The van der Waals surface area contributed by atoms with E-state index in [9.17, 15) is 4.79 Å². The summed E-state index contributed by atoms with van der Waals surface area (Å²) >= 11 is 0. The Morgan fingerprint density at radius 1 is 0.971 bits per heavy atom. The largest absolute Gasteiger partial charge is 0.384 e. The van der Waals surface area contributed by atoms with E-state index in [1.807, 2.05) is 29.2 Å². The highest BCUT2D eigenvalue weighted by Crippen LogP contribution is 2.28. The van der Waals surface area contributed by atoms with Crippen LogP contribution in [-0.4, -0.2) is 48.5 Å². The van der Waals surface area contributed by atoms with Gasteiger partial charge in [0.2, 0.25) is 0 Å². The number of piperidine rings is 1. The van der Waals surface area contributed by atoms with Gasteiger partial charge in [-0.3, -0.25) is 10.3 Å². The third-order valence-corrected chi connectivity index (χ3v) is 7.32. The number of nitrogen functional groups attached to an aromatic ring is 1. The summed E-state index contributed by atoms with van der Waals surface area (Å²) in [5.41, 5.74) is 8.63. The molecule has 1 heterocycles. The van der Waals surface area contributed by atoms with Crippen molar-refractivity contribution in [3.8, 4) is 0 Å². The summed E-state index contributed by atoms with van der Waals surface area (Å²) in [4.78, 5) is 18.1. The predicted molar refractivity (Wildman–Crippen MR) is 140 cm³/mol. The van der Waals surface area contributed by atoms with Crippen LogP contribution in [0.15, 0.2) is 54.6 Å². The molecule has 2 fully saturated rings. The van der Waals surface area contributed by atoms with Gasteiger partial charge in [0.15, 0.2) is 0 Å². The molecule has 4 rings (SSSR count). The summed E-state index contributed by atoms with van der Waals surface area (Å²) in [7, 11) is 0. The number of amides is 2. The normalized spacial score (nSPS) is 18.2. The molecule has 2 amide bonds. The van der Waals surface area contributed by atoms with Crippen molar-refractivity contribution in [3.63, 3.8) is 0 Å². The van der Waals surface area contributed by atoms with Crippen LogP contribution < -0.4 is 16.0 Å². The summed E-state index contributed by atoms with van der Waals surface area (Å²) < 4.78 is 0. The van der Waals surface area contributed by atoms with Crippen LogP contribution in [0.1, 0.15) is 62.5 Å². The molecule has 6 heteroatoms. The smallest absolute Gasteiger partial charge is 0.322 e. The molecule has 2 aliphatic rings. The third-order valence-electron chi connectivity index (χ3n) is 7.32. The zero-order valence-electron chi connectivity index (χ0n) is 20.2. The second-order valence-corrected chi connectivity index (χ2v) is 9.78. The summed E-state index contributed by atoms with van der Waals surface area (Å²) in [6.45, 7) is 3.10. The van der Waals surface area contributed by atoms with Gasteiger partial charge in [-0.2, -0.15) is 0 Å². The van der Waals surface area contributed by atoms with E-state index in [1.54, 1.807) is 0 Å². The van der Waals surface area contributed by atoms with Gasteiger partial charge in [0, 0.05) is 43.0 Å². The minimum Gasteiger partial charge on any atom is -0.384 e. The van der Waals surface area contributed by atoms with Gasteiger partial charge in [-0.15, -0.1) is 0 Å². The summed E-state index contributed by atoms with van der Waals surface area (Å²) in [5.74, 6) is 0.0333. The van der Waals surface area contributed by atoms with Gasteiger partial charge in [0.05, 0.1) is 0 Å². The van der Waals surface area contributed by atoms with E-state index in [0.29, 0.717) is 5.56 Å². The Hall–Kier alpha value is -2.86. The number of amidine groups is 1. The van der Waals surface area contributed by atoms with Crippen molar-refractivity contribution in [2.24, 2.45) is 5.73 Å². The maximum atomic E-state index is 13.6. The quantitative estimate of drug-likeness (QED) is 0.311. The van der Waals surface area contributed by atoms with E-state index >= 15 is 0 Å². The number of hydrogen-bond acceptors (Lipinski definition) is 3. The third kappa shape index (κ3) is 6.60. The molecule has 182 valence electrons. The highest BCUT2D eigenvalue weighted by atomic mass is 16.2. The van der Waals surface area contributed by atoms with Crippen LogP contribution in [0.2, 0.25) is 0 Å². The standard InChI is InChI=1S/C28H39N5O/c29-27(30)23-11-8-14-26(21-23)33(25-12-6-1-2-7-13-25)28(34)31-24-16-19-32(20-17-24)18-15-22-9-4-3-5-10-22/h3-5,8-11,14,21,24-25H,1-2,6-7,12-13,15-20H2,(H3,29,30)(H,31,34). The van der Waals surface area contributed by atoms with Crippen molar-refractivity contribution in [3.05, 3.63) is 65.7 Å². The Kier molecular flexibility index (Phi) is 8.58. The fraction of sp³-hybridized carbons (Fsp3) is 0.500. The number of likely N-dealkylation sites (tertiary alicyclic amines) is 1. The molecule has 0 bridgehead atoms. The summed E-state index contributed by atoms with van der Waals surface area (Å²) in [6.07, 6.45) is 9.85. The minimum absolute atomic E-state index is 0.00432. The number of benzene rings is 2. The monoisotopic (exact) mass is 461 g/mol. The number of hydrogen-bond donors (Lipinski definition) is 3. The van der Waals surface area contributed by atoms with Gasteiger partial charge in [-0.25, -0.2) is 4.79 Å². The number of nitrogens with two attached hydrogens (primary N) is 1. The Morgan fingerprint density at radius 3 is 2.35 bits per heavy atom. The first-order valence-corrected chi connectivity index (χ1v) is 12.9. The van der Waals surface area contributed by atoms with E-state index in [2.05, 4.69) is 40.5 Å². The van der Waals surface area contributed by atoms with Gasteiger partial charge in [-0.1, -0.05) is 68.1 Å². The molecule has 1 aliphatic carbocycles. The zero-order chi connectivity index (χ0) is 23.8. The number of nitrogens with zero attached hydrogens (tertiary/aromatic N) is 2. The molecule has 0 unspecified atom stereocenters. The Morgan fingerprint density at radius 2 is 1.68 bits per heavy atom. The molecule has 4 N–H and O–H groups in total. The van der Waals surface area contributed by atoms with Crippen LogP contribution >= 0.6 is 0 Å². The minimum atomic E-state index is -0.00432. The lowest BCUT2D eigenvalue weighted by molar-refractivity contribution is 0.195. The Labute approximate surface area is 204 Å². The van der Waals surface area contributed by atoms with E-state index in [0.717, 1.165) is 70.3 Å². The first kappa shape index (κ1) is 24.3. The van der Waals surface area contributed by atoms with Crippen molar-refractivity contribution in [2.75, 3.05) is 24.5 Å². The fourth-order valence-corrected chi connectivity index (χ4v) is 5.31. The van der Waals surface area contributed by atoms with Crippen LogP contribution in [0, 0.1) is 5.41 Å². The molecule has 2 aromatic rings. The van der Waals surface area contributed by atoms with Gasteiger partial charge >= 0.3 is 6.03 Å². The van der Waals surface area contributed by atoms with Crippen LogP contribution in [0.25, 0.3) is 0 Å². The lowest BCUT2D eigenvalue weighted by Crippen LogP contribution is -2.52. The molecule has 2 aromatic carbocycles. The van der Waals surface area contributed by atoms with E-state index in [-0.39, 0.29) is 24.0 Å². The Balaban J connectivity index is 1.38. The van der Waals surface area contributed by atoms with Crippen LogP contribution in [0.3, 0.4) is 0 Å². The van der Waals surface area contributed by atoms with Crippen molar-refractivity contribution >= 4 is 17.6 Å². The second-order valence-electron chi connectivity index (χ2n) is 9.78. The van der Waals surface area contributed by atoms with Gasteiger partial charge in [0.1, 0.15) is 5.84 Å². The molecule has 6 nitrogen and oxygen atoms in total. The highest BCUT2D eigenvalue weighted by Gasteiger charge is 2.29. The first-order chi connectivity index (χ1) is 16.6. The highest BCUT2D eigenvalue weighted by molar-refractivity contribution is 5.98. The topological polar surface area (TPSA) is 85.5 Å². The predicted octanol–water partition coefficient (Wildman–Crippen LogP) is 4.92. The molecule has 1 saturated carbocycles. The number of nitrogens with one attached hydrogen (secondary N) is 2.